The summed E-state index contributed by atoms with van der Waals surface area (Å²) in [6.45, 7) is 0.128. The van der Waals surface area contributed by atoms with Crippen LogP contribution in [0.2, 0.25) is 0 Å². The number of fused-ring (bicyclic) bond motifs is 3. The summed E-state index contributed by atoms with van der Waals surface area (Å²) >= 11 is 0. The second-order valence-electron chi connectivity index (χ2n) is 19.0. The number of nitrogens with two attached hydrogens (primary N) is 3. The fourth-order valence-electron chi connectivity index (χ4n) is 9.52. The first-order chi connectivity index (χ1) is 40.9. The monoisotopic (exact) mass is 1110 g/mol. The molecule has 0 radical (unpaired) electrons. The first-order valence-electron chi connectivity index (χ1n) is 25.8. The average molecular weight is 1110 g/mol. The average Bonchev–Trinajstić information content (AvgIpc) is 3.23. The topological polar surface area (TPSA) is 334 Å². The van der Waals surface area contributed by atoms with Gasteiger partial charge in [0.2, 0.25) is 0 Å². The van der Waals surface area contributed by atoms with E-state index in [1.165, 1.54) is 7.11 Å². The van der Waals surface area contributed by atoms with Gasteiger partial charge in [-0.1, -0.05) is 70.2 Å². The standard InChI is InChI=1S/C60H47N19O5/c1-83-51-30-38(12-27-50(51)70-60(82)69-43-15-6-35(7-16-43)47-3-2-28-77-52(47)55(62)71-74-77)39-29-49(53-56(63)72-75-78(53)32-39)37-10-19-42(20-11-37)67-59(81)68-44-21-24-46(25-22-44)84-33-45-23-26-48(54-57(64)73-76-79(45)54)36-8-17-41(18-9-36)66-58(80)65-40-13-4-34(31-61)5-14-40/h2-30,32H,33,62-64H2,1H3,(H2,65,66,80)(H2,67,68,81)(H2,69,70,82). The zero-order valence-electron chi connectivity index (χ0n) is 44.3. The Morgan fingerprint density at radius 1 is 0.500 bits per heavy atom. The number of urea groups is 3. The van der Waals surface area contributed by atoms with Crippen LogP contribution >= 0.6 is 0 Å². The number of amides is 6. The van der Waals surface area contributed by atoms with Crippen molar-refractivity contribution in [1.29, 1.82) is 5.26 Å². The molecule has 0 bridgehead atoms. The number of hydrogen-bond acceptors (Lipinski definition) is 15. The van der Waals surface area contributed by atoms with Crippen LogP contribution in [-0.4, -0.2) is 69.7 Å². The van der Waals surface area contributed by atoms with Gasteiger partial charge in [-0.05, 0) is 138 Å². The van der Waals surface area contributed by atoms with Crippen LogP contribution in [0, 0.1) is 11.3 Å². The van der Waals surface area contributed by atoms with Gasteiger partial charge >= 0.3 is 18.1 Å². The number of ether oxygens (including phenoxy) is 2. The number of pyridine rings is 3. The molecular weight excluding hydrogens is 1070 g/mol. The molecule has 84 heavy (non-hydrogen) atoms. The largest absolute Gasteiger partial charge is 0.495 e. The maximum absolute atomic E-state index is 13.3. The third-order valence-corrected chi connectivity index (χ3v) is 13.6. The molecule has 6 amide bonds. The summed E-state index contributed by atoms with van der Waals surface area (Å²) in [4.78, 5) is 39.1. The lowest BCUT2D eigenvalue weighted by Crippen LogP contribution is -2.19. The fourth-order valence-corrected chi connectivity index (χ4v) is 9.52. The van der Waals surface area contributed by atoms with Crippen molar-refractivity contribution in [1.82, 2.24) is 44.5 Å². The number of carbonyl (C=O) groups excluding carboxylic acids is 3. The van der Waals surface area contributed by atoms with Crippen molar-refractivity contribution in [2.75, 3.05) is 56.2 Å². The van der Waals surface area contributed by atoms with E-state index in [0.717, 1.165) is 44.5 Å². The minimum atomic E-state index is -0.471. The highest BCUT2D eigenvalue weighted by Gasteiger charge is 2.19. The van der Waals surface area contributed by atoms with E-state index in [4.69, 9.17) is 31.9 Å². The number of benzene rings is 6. The van der Waals surface area contributed by atoms with Crippen LogP contribution in [0.4, 0.5) is 66.0 Å². The van der Waals surface area contributed by atoms with Gasteiger partial charge in [0.15, 0.2) is 17.5 Å². The van der Waals surface area contributed by atoms with E-state index >= 15 is 0 Å². The van der Waals surface area contributed by atoms with Crippen LogP contribution in [0.5, 0.6) is 11.5 Å². The first kappa shape index (κ1) is 52.2. The first-order valence-corrected chi connectivity index (χ1v) is 25.8. The molecule has 412 valence electrons. The van der Waals surface area contributed by atoms with E-state index in [2.05, 4.69) is 62.8 Å². The summed E-state index contributed by atoms with van der Waals surface area (Å²) in [7, 11) is 1.52. The Bertz CT molecular complexity index is 4520. The van der Waals surface area contributed by atoms with Gasteiger partial charge in [0, 0.05) is 63.1 Å². The minimum absolute atomic E-state index is 0.128. The van der Waals surface area contributed by atoms with Crippen LogP contribution in [-0.2, 0) is 6.61 Å². The van der Waals surface area contributed by atoms with E-state index in [1.807, 2.05) is 84.9 Å². The minimum Gasteiger partial charge on any atom is -0.495 e. The van der Waals surface area contributed by atoms with Gasteiger partial charge in [-0.25, -0.2) is 27.9 Å². The summed E-state index contributed by atoms with van der Waals surface area (Å²) in [5.41, 5.74) is 31.3. The van der Waals surface area contributed by atoms with E-state index in [1.54, 1.807) is 117 Å². The van der Waals surface area contributed by atoms with Crippen LogP contribution < -0.4 is 58.6 Å². The predicted molar refractivity (Wildman–Crippen MR) is 320 cm³/mol. The maximum atomic E-state index is 13.3. The number of nitrogens with one attached hydrogen (secondary N) is 6. The Balaban J connectivity index is 0.655. The SMILES string of the molecule is COc1cc(-c2cc(-c3ccc(NC(=O)Nc4ccc(OCc5ccc(-c6ccc(NC(=O)Nc7ccc(C#N)cc7)cc6)c6c(N)nnn56)cc4)cc3)c3c(N)nnn3c2)ccc1NC(=O)Nc1ccc(-c2cccn3nnc(N)c23)cc1. The van der Waals surface area contributed by atoms with E-state index in [-0.39, 0.29) is 18.2 Å². The molecule has 12 aromatic rings. The lowest BCUT2D eigenvalue weighted by atomic mass is 9.99. The highest BCUT2D eigenvalue weighted by molar-refractivity contribution is 6.03. The Labute approximate surface area is 476 Å². The summed E-state index contributed by atoms with van der Waals surface area (Å²) < 4.78 is 16.7. The number of methoxy groups -OCH3 is 1. The number of anilines is 9. The number of hydrogen-bond donors (Lipinski definition) is 9. The van der Waals surface area contributed by atoms with Crippen molar-refractivity contribution in [3.8, 4) is 62.1 Å². The molecule has 12 N–H and O–H groups in total. The quantitative estimate of drug-likeness (QED) is 0.0489. The molecule has 24 heteroatoms. The molecule has 12 rings (SSSR count). The second kappa shape index (κ2) is 22.3. The number of carbonyl (C=O) groups is 3. The van der Waals surface area contributed by atoms with E-state index in [0.29, 0.717) is 79.2 Å². The Hall–Kier alpha value is -12.5. The van der Waals surface area contributed by atoms with Crippen molar-refractivity contribution in [3.05, 3.63) is 194 Å². The van der Waals surface area contributed by atoms with Crippen molar-refractivity contribution >= 4 is 86.2 Å². The Morgan fingerprint density at radius 2 is 0.976 bits per heavy atom. The molecule has 0 aliphatic heterocycles. The molecule has 0 saturated carbocycles. The summed E-state index contributed by atoms with van der Waals surface area (Å²) in [5.74, 6) is 1.75. The molecule has 0 saturated heterocycles. The molecule has 6 heterocycles. The van der Waals surface area contributed by atoms with Gasteiger partial charge in [0.25, 0.3) is 0 Å². The third-order valence-electron chi connectivity index (χ3n) is 13.6. The van der Waals surface area contributed by atoms with Crippen molar-refractivity contribution in [3.63, 3.8) is 0 Å². The van der Waals surface area contributed by atoms with Crippen LogP contribution in [0.1, 0.15) is 11.3 Å². The highest BCUT2D eigenvalue weighted by atomic mass is 16.5. The lowest BCUT2D eigenvalue weighted by molar-refractivity contribution is 0.261. The molecule has 6 aromatic carbocycles. The smallest absolute Gasteiger partial charge is 0.323 e. The normalized spacial score (nSPS) is 11.0. The number of nitrogen functional groups attached to an aromatic ring is 3. The molecule has 0 spiro atoms. The van der Waals surface area contributed by atoms with Gasteiger partial charge in [-0.3, -0.25) is 0 Å². The molecule has 0 unspecified atom stereocenters. The zero-order valence-corrected chi connectivity index (χ0v) is 44.3. The van der Waals surface area contributed by atoms with Crippen LogP contribution in [0.15, 0.2) is 182 Å². The number of nitriles is 1. The molecular formula is C60H47N19O5. The Morgan fingerprint density at radius 3 is 1.55 bits per heavy atom. The molecule has 0 fully saturated rings. The number of nitrogens with zero attached hydrogens (tertiary/aromatic N) is 10. The summed E-state index contributed by atoms with van der Waals surface area (Å²) in [6, 6.07) is 51.0. The molecule has 0 atom stereocenters. The third kappa shape index (κ3) is 10.8. The van der Waals surface area contributed by atoms with Crippen LogP contribution in [0.3, 0.4) is 0 Å². The zero-order chi connectivity index (χ0) is 57.8. The van der Waals surface area contributed by atoms with Gasteiger partial charge < -0.3 is 58.6 Å². The van der Waals surface area contributed by atoms with E-state index < -0.39 is 18.1 Å². The highest BCUT2D eigenvalue weighted by Crippen LogP contribution is 2.37. The molecule has 24 nitrogen and oxygen atoms in total. The lowest BCUT2D eigenvalue weighted by Gasteiger charge is -2.14. The van der Waals surface area contributed by atoms with Gasteiger partial charge in [-0.2, -0.15) is 5.26 Å². The maximum Gasteiger partial charge on any atom is 0.323 e. The molecule has 6 aromatic heterocycles. The van der Waals surface area contributed by atoms with E-state index in [9.17, 15) is 14.4 Å². The summed E-state index contributed by atoms with van der Waals surface area (Å²) in [5, 5.41) is 50.9. The Kier molecular flexibility index (Phi) is 13.9. The van der Waals surface area contributed by atoms with Gasteiger partial charge in [0.1, 0.15) is 34.7 Å². The van der Waals surface area contributed by atoms with Crippen molar-refractivity contribution in [2.24, 2.45) is 0 Å². The van der Waals surface area contributed by atoms with Gasteiger partial charge in [-0.15, -0.1) is 15.3 Å². The molecule has 0 aliphatic rings. The van der Waals surface area contributed by atoms with Crippen LogP contribution in [0.25, 0.3) is 61.1 Å². The molecule has 0 aliphatic carbocycles. The summed E-state index contributed by atoms with van der Waals surface area (Å²) in [6.07, 6.45) is 3.58. The van der Waals surface area contributed by atoms with Crippen molar-refractivity contribution in [2.45, 2.75) is 6.61 Å². The van der Waals surface area contributed by atoms with Gasteiger partial charge in [0.05, 0.1) is 30.1 Å². The number of aromatic nitrogens is 9. The second-order valence-corrected chi connectivity index (χ2v) is 19.0. The predicted octanol–water partition coefficient (Wildman–Crippen LogP) is 10.6. The number of rotatable bonds is 14. The fraction of sp³-hybridized carbons (Fsp3) is 0.0333. The van der Waals surface area contributed by atoms with Crippen molar-refractivity contribution < 1.29 is 23.9 Å².